The summed E-state index contributed by atoms with van der Waals surface area (Å²) in [6.45, 7) is 1.36. The van der Waals surface area contributed by atoms with Crippen LogP contribution in [0.4, 0.5) is 0 Å². The van der Waals surface area contributed by atoms with Gasteiger partial charge in [0.05, 0.1) is 6.10 Å². The maximum Gasteiger partial charge on any atom is 0.223 e. The van der Waals surface area contributed by atoms with Crippen molar-refractivity contribution in [3.63, 3.8) is 0 Å². The van der Waals surface area contributed by atoms with Crippen LogP contribution in [-0.2, 0) is 9.53 Å². The molecule has 100 valence electrons. The third-order valence-electron chi connectivity index (χ3n) is 3.75. The molecular formula is C12H23ClN2O2. The van der Waals surface area contributed by atoms with Crippen molar-refractivity contribution in [2.45, 2.75) is 44.2 Å². The normalized spacial score (nSPS) is 28.7. The molecule has 0 aromatic carbocycles. The maximum absolute atomic E-state index is 12.0. The number of nitrogens with two attached hydrogens (primary N) is 1. The second-order valence-electron chi connectivity index (χ2n) is 5.01. The van der Waals surface area contributed by atoms with Gasteiger partial charge in [0.2, 0.25) is 5.91 Å². The second-order valence-corrected chi connectivity index (χ2v) is 5.01. The Morgan fingerprint density at radius 3 is 2.65 bits per heavy atom. The van der Waals surface area contributed by atoms with Gasteiger partial charge in [-0.15, -0.1) is 12.4 Å². The Kier molecular flexibility index (Phi) is 5.70. The van der Waals surface area contributed by atoms with Crippen molar-refractivity contribution in [3.05, 3.63) is 0 Å². The third kappa shape index (κ3) is 3.83. The molecule has 2 N–H and O–H groups in total. The van der Waals surface area contributed by atoms with Crippen LogP contribution in [0.25, 0.3) is 0 Å². The van der Waals surface area contributed by atoms with Gasteiger partial charge in [0.15, 0.2) is 0 Å². The van der Waals surface area contributed by atoms with Crippen molar-refractivity contribution >= 4 is 18.3 Å². The Balaban J connectivity index is 0.00000144. The van der Waals surface area contributed by atoms with E-state index in [4.69, 9.17) is 10.5 Å². The van der Waals surface area contributed by atoms with Gasteiger partial charge in [-0.1, -0.05) is 0 Å². The molecule has 2 unspecified atom stereocenters. The molecule has 0 spiro atoms. The van der Waals surface area contributed by atoms with Crippen LogP contribution in [0.15, 0.2) is 0 Å². The number of piperidine rings is 1. The van der Waals surface area contributed by atoms with Crippen LogP contribution in [0, 0.1) is 5.92 Å². The zero-order valence-electron chi connectivity index (χ0n) is 10.4. The minimum Gasteiger partial charge on any atom is -0.381 e. The van der Waals surface area contributed by atoms with E-state index in [2.05, 4.69) is 0 Å². The van der Waals surface area contributed by atoms with E-state index in [0.717, 1.165) is 25.8 Å². The van der Waals surface area contributed by atoms with Crippen LogP contribution in [0.3, 0.4) is 0 Å². The molecule has 1 saturated heterocycles. The van der Waals surface area contributed by atoms with Gasteiger partial charge in [-0.3, -0.25) is 4.79 Å². The molecule has 0 radical (unpaired) electrons. The van der Waals surface area contributed by atoms with E-state index < -0.39 is 0 Å². The van der Waals surface area contributed by atoms with Crippen molar-refractivity contribution in [2.24, 2.45) is 11.7 Å². The first kappa shape index (κ1) is 14.7. The standard InChI is InChI=1S/C12H22N2O2.ClH/c1-16-11-4-5-14(10(7-11)8-13)12(15)6-9-2-3-9;/h9-11H,2-8,13H2,1H3;1H. The summed E-state index contributed by atoms with van der Waals surface area (Å²) >= 11 is 0. The first-order chi connectivity index (χ1) is 7.74. The molecule has 0 bridgehead atoms. The highest BCUT2D eigenvalue weighted by Gasteiger charge is 2.33. The summed E-state index contributed by atoms with van der Waals surface area (Å²) in [6.07, 6.45) is 5.31. The second kappa shape index (κ2) is 6.57. The minimum absolute atomic E-state index is 0. The summed E-state index contributed by atoms with van der Waals surface area (Å²) in [6, 6.07) is 0.185. The number of carbonyl (C=O) groups is 1. The van der Waals surface area contributed by atoms with Crippen molar-refractivity contribution in [3.8, 4) is 0 Å². The SMILES string of the molecule is COC1CCN(C(=O)CC2CC2)C(CN)C1.Cl. The molecule has 2 aliphatic rings. The fraction of sp³-hybridized carbons (Fsp3) is 0.917. The number of hydrogen-bond acceptors (Lipinski definition) is 3. The van der Waals surface area contributed by atoms with E-state index in [1.165, 1.54) is 12.8 Å². The summed E-state index contributed by atoms with van der Waals surface area (Å²) < 4.78 is 5.35. The Morgan fingerprint density at radius 1 is 1.41 bits per heavy atom. The van der Waals surface area contributed by atoms with Gasteiger partial charge < -0.3 is 15.4 Å². The van der Waals surface area contributed by atoms with E-state index in [9.17, 15) is 4.79 Å². The Bertz CT molecular complexity index is 259. The van der Waals surface area contributed by atoms with Gasteiger partial charge >= 0.3 is 0 Å². The van der Waals surface area contributed by atoms with Crippen LogP contribution < -0.4 is 5.73 Å². The summed E-state index contributed by atoms with van der Waals surface area (Å²) in [5.41, 5.74) is 5.75. The topological polar surface area (TPSA) is 55.6 Å². The quantitative estimate of drug-likeness (QED) is 0.828. The van der Waals surface area contributed by atoms with Crippen LogP contribution in [0.2, 0.25) is 0 Å². The van der Waals surface area contributed by atoms with E-state index in [1.807, 2.05) is 4.90 Å². The molecule has 1 heterocycles. The number of nitrogens with zero attached hydrogens (tertiary/aromatic N) is 1. The monoisotopic (exact) mass is 262 g/mol. The van der Waals surface area contributed by atoms with Crippen LogP contribution >= 0.6 is 12.4 Å². The van der Waals surface area contributed by atoms with E-state index in [1.54, 1.807) is 7.11 Å². The molecule has 0 aromatic rings. The fourth-order valence-corrected chi connectivity index (χ4v) is 2.47. The number of methoxy groups -OCH3 is 1. The van der Waals surface area contributed by atoms with Gasteiger partial charge in [0.1, 0.15) is 0 Å². The van der Waals surface area contributed by atoms with Crippen LogP contribution in [-0.4, -0.2) is 43.2 Å². The van der Waals surface area contributed by atoms with Crippen LogP contribution in [0.5, 0.6) is 0 Å². The highest BCUT2D eigenvalue weighted by atomic mass is 35.5. The molecular weight excluding hydrogens is 240 g/mol. The Labute approximate surface area is 109 Å². The average molecular weight is 263 g/mol. The highest BCUT2D eigenvalue weighted by Crippen LogP contribution is 2.33. The molecule has 2 atom stereocenters. The zero-order valence-corrected chi connectivity index (χ0v) is 11.2. The average Bonchev–Trinajstić information content (AvgIpc) is 3.11. The van der Waals surface area contributed by atoms with Gasteiger partial charge in [-0.25, -0.2) is 0 Å². The molecule has 1 amide bonds. The van der Waals surface area contributed by atoms with Gasteiger partial charge in [0, 0.05) is 32.7 Å². The number of amides is 1. The fourth-order valence-electron chi connectivity index (χ4n) is 2.47. The molecule has 1 aliphatic carbocycles. The first-order valence-corrected chi connectivity index (χ1v) is 6.27. The van der Waals surface area contributed by atoms with E-state index in [0.29, 0.717) is 18.4 Å². The summed E-state index contributed by atoms with van der Waals surface area (Å²) in [4.78, 5) is 14.0. The van der Waals surface area contributed by atoms with Crippen molar-refractivity contribution < 1.29 is 9.53 Å². The highest BCUT2D eigenvalue weighted by molar-refractivity contribution is 5.85. The zero-order chi connectivity index (χ0) is 11.5. The minimum atomic E-state index is 0. The molecule has 4 nitrogen and oxygen atoms in total. The maximum atomic E-state index is 12.0. The number of hydrogen-bond donors (Lipinski definition) is 1. The van der Waals surface area contributed by atoms with E-state index in [-0.39, 0.29) is 24.6 Å². The number of ether oxygens (including phenoxy) is 1. The largest absolute Gasteiger partial charge is 0.381 e. The molecule has 1 aliphatic heterocycles. The summed E-state index contributed by atoms with van der Waals surface area (Å²) in [5, 5.41) is 0. The summed E-state index contributed by atoms with van der Waals surface area (Å²) in [7, 11) is 1.74. The third-order valence-corrected chi connectivity index (χ3v) is 3.75. The lowest BCUT2D eigenvalue weighted by atomic mass is 9.98. The predicted molar refractivity (Wildman–Crippen MR) is 69.2 cm³/mol. The van der Waals surface area contributed by atoms with Gasteiger partial charge in [0.25, 0.3) is 0 Å². The number of halogens is 1. The van der Waals surface area contributed by atoms with Crippen molar-refractivity contribution in [1.82, 2.24) is 4.90 Å². The van der Waals surface area contributed by atoms with Gasteiger partial charge in [-0.2, -0.15) is 0 Å². The molecule has 17 heavy (non-hydrogen) atoms. The number of carbonyl (C=O) groups excluding carboxylic acids is 1. The number of likely N-dealkylation sites (tertiary alicyclic amines) is 1. The first-order valence-electron chi connectivity index (χ1n) is 6.27. The van der Waals surface area contributed by atoms with E-state index >= 15 is 0 Å². The van der Waals surface area contributed by atoms with Crippen molar-refractivity contribution in [2.75, 3.05) is 20.2 Å². The van der Waals surface area contributed by atoms with Gasteiger partial charge in [-0.05, 0) is 31.6 Å². The Hall–Kier alpha value is -0.320. The lowest BCUT2D eigenvalue weighted by molar-refractivity contribution is -0.137. The molecule has 2 fully saturated rings. The molecule has 2 rings (SSSR count). The lowest BCUT2D eigenvalue weighted by Gasteiger charge is -2.38. The molecule has 5 heteroatoms. The predicted octanol–water partition coefficient (Wildman–Crippen LogP) is 1.17. The molecule has 1 saturated carbocycles. The summed E-state index contributed by atoms with van der Waals surface area (Å²) in [5.74, 6) is 0.957. The molecule has 0 aromatic heterocycles. The Morgan fingerprint density at radius 2 is 2.12 bits per heavy atom. The van der Waals surface area contributed by atoms with Crippen molar-refractivity contribution in [1.29, 1.82) is 0 Å². The lowest BCUT2D eigenvalue weighted by Crippen LogP contribution is -2.51. The number of rotatable bonds is 4. The smallest absolute Gasteiger partial charge is 0.223 e. The van der Waals surface area contributed by atoms with Crippen LogP contribution in [0.1, 0.15) is 32.1 Å².